The van der Waals surface area contributed by atoms with Crippen LogP contribution >= 0.6 is 0 Å². The smallest absolute Gasteiger partial charge is 0.271 e. The van der Waals surface area contributed by atoms with Gasteiger partial charge in [-0.25, -0.2) is 14.4 Å². The molecule has 52 heavy (non-hydrogen) atoms. The molecule has 0 bridgehead atoms. The zero-order valence-electron chi connectivity index (χ0n) is 30.2. The molecule has 10 nitrogen and oxygen atoms in total. The molecule has 1 saturated heterocycles. The predicted molar refractivity (Wildman–Crippen MR) is 199 cm³/mol. The maximum absolute atomic E-state index is 14.4. The number of aromatic nitrogens is 3. The molecule has 3 N–H and O–H groups in total. The molecule has 2 amide bonds. The molecule has 0 spiro atoms. The van der Waals surface area contributed by atoms with Crippen molar-refractivity contribution >= 4 is 11.8 Å². The third kappa shape index (κ3) is 9.05. The van der Waals surface area contributed by atoms with Gasteiger partial charge >= 0.3 is 0 Å². The van der Waals surface area contributed by atoms with Crippen LogP contribution in [0.25, 0.3) is 11.1 Å². The van der Waals surface area contributed by atoms with Crippen LogP contribution < -0.4 is 20.7 Å². The summed E-state index contributed by atoms with van der Waals surface area (Å²) in [5.41, 5.74) is 3.85. The van der Waals surface area contributed by atoms with Gasteiger partial charge in [0.25, 0.3) is 11.8 Å². The molecule has 1 saturated carbocycles. The largest absolute Gasteiger partial charge is 0.438 e. The van der Waals surface area contributed by atoms with Gasteiger partial charge in [-0.05, 0) is 107 Å². The van der Waals surface area contributed by atoms with E-state index in [1.807, 2.05) is 24.4 Å². The molecule has 2 aromatic carbocycles. The number of benzene rings is 2. The van der Waals surface area contributed by atoms with Gasteiger partial charge in [0.05, 0.1) is 6.20 Å². The first-order valence-electron chi connectivity index (χ1n) is 18.9. The lowest BCUT2D eigenvalue weighted by molar-refractivity contribution is 0.0887. The highest BCUT2D eigenvalue weighted by Gasteiger charge is 2.27. The van der Waals surface area contributed by atoms with E-state index in [4.69, 9.17) is 4.74 Å². The highest BCUT2D eigenvalue weighted by atomic mass is 19.1. The van der Waals surface area contributed by atoms with Crippen LogP contribution in [0.4, 0.5) is 4.39 Å². The molecule has 2 fully saturated rings. The monoisotopic (exact) mass is 707 g/mol. The maximum Gasteiger partial charge on any atom is 0.271 e. The molecule has 4 aromatic rings. The van der Waals surface area contributed by atoms with E-state index < -0.39 is 11.7 Å². The number of carbonyl (C=O) groups excluding carboxylic acids is 2. The summed E-state index contributed by atoms with van der Waals surface area (Å²) in [6, 6.07) is 18.4. The first kappa shape index (κ1) is 35.8. The SMILES string of the molecule is C[C@@H]1CN(CCCc2ccc(-c3cccc(Oc4ncc(F)cc4C(=O)NC4CCC(NC(=O)c5cn6c(n5)CCCC6)CC4)c3)cc2)C[C@H](C)N1. The number of amides is 2. The highest BCUT2D eigenvalue weighted by molar-refractivity contribution is 5.96. The first-order valence-corrected chi connectivity index (χ1v) is 18.9. The Bertz CT molecular complexity index is 1820. The standard InChI is InChI=1S/C41H50FN7O3/c1-27-24-48(25-28(2)44-27)19-6-7-29-11-13-30(14-12-29)31-8-5-9-35(21-31)52-41-36(22-32(42)23-43-41)39(50)45-33-15-17-34(18-16-33)46-40(51)37-26-49-20-4-3-10-38(49)47-37/h5,8-9,11-14,21-23,26-28,33-34,44H,3-4,6-7,10,15-20,24-25H2,1-2H3,(H,45,50)(H,46,51)/t27-,28+,33?,34?. The van der Waals surface area contributed by atoms with Crippen LogP contribution in [0.3, 0.4) is 0 Å². The topological polar surface area (TPSA) is 113 Å². The Kier molecular flexibility index (Phi) is 11.3. The number of ether oxygens (including phenoxy) is 1. The van der Waals surface area contributed by atoms with Crippen LogP contribution in [0, 0.1) is 5.82 Å². The van der Waals surface area contributed by atoms with E-state index in [0.29, 0.717) is 36.4 Å². The lowest BCUT2D eigenvalue weighted by Gasteiger charge is -2.36. The van der Waals surface area contributed by atoms with Crippen molar-refractivity contribution < 1.29 is 18.7 Å². The Morgan fingerprint density at radius 1 is 0.923 bits per heavy atom. The van der Waals surface area contributed by atoms with E-state index in [1.165, 1.54) is 11.6 Å². The summed E-state index contributed by atoms with van der Waals surface area (Å²) < 4.78 is 22.6. The lowest BCUT2D eigenvalue weighted by Crippen LogP contribution is -2.54. The van der Waals surface area contributed by atoms with Crippen LogP contribution in [0.5, 0.6) is 11.6 Å². The van der Waals surface area contributed by atoms with Gasteiger partial charge in [0.1, 0.15) is 28.6 Å². The highest BCUT2D eigenvalue weighted by Crippen LogP contribution is 2.30. The minimum Gasteiger partial charge on any atom is -0.438 e. The zero-order chi connectivity index (χ0) is 36.0. The van der Waals surface area contributed by atoms with Gasteiger partial charge in [-0.1, -0.05) is 36.4 Å². The first-order chi connectivity index (χ1) is 25.3. The van der Waals surface area contributed by atoms with E-state index in [9.17, 15) is 14.0 Å². The predicted octanol–water partition coefficient (Wildman–Crippen LogP) is 6.30. The molecule has 0 unspecified atom stereocenters. The van der Waals surface area contributed by atoms with Crippen LogP contribution in [-0.2, 0) is 19.4 Å². The van der Waals surface area contributed by atoms with Crippen LogP contribution in [0.1, 0.15) is 91.0 Å². The lowest BCUT2D eigenvalue weighted by atomic mass is 9.91. The summed E-state index contributed by atoms with van der Waals surface area (Å²) in [6.07, 6.45) is 11.0. The quantitative estimate of drug-likeness (QED) is 0.168. The molecule has 7 rings (SSSR count). The Hall–Kier alpha value is -4.61. The van der Waals surface area contributed by atoms with Crippen molar-refractivity contribution in [2.24, 2.45) is 0 Å². The molecule has 11 heteroatoms. The number of carbonyl (C=O) groups is 2. The van der Waals surface area contributed by atoms with E-state index in [0.717, 1.165) is 94.3 Å². The molecular formula is C41H50FN7O3. The molecule has 0 radical (unpaired) electrons. The Balaban J connectivity index is 0.916. The summed E-state index contributed by atoms with van der Waals surface area (Å²) in [5, 5.41) is 9.77. The number of nitrogens with zero attached hydrogens (tertiary/aromatic N) is 4. The number of hydrogen-bond acceptors (Lipinski definition) is 7. The van der Waals surface area contributed by atoms with Crippen LogP contribution in [0.2, 0.25) is 0 Å². The summed E-state index contributed by atoms with van der Waals surface area (Å²) in [5.74, 6) is 0.325. The van der Waals surface area contributed by atoms with Crippen molar-refractivity contribution in [2.45, 2.75) is 102 Å². The summed E-state index contributed by atoms with van der Waals surface area (Å²) in [7, 11) is 0. The summed E-state index contributed by atoms with van der Waals surface area (Å²) >= 11 is 0. The molecule has 2 atom stereocenters. The number of nitrogens with one attached hydrogen (secondary N) is 3. The van der Waals surface area contributed by atoms with Gasteiger partial charge in [-0.2, -0.15) is 0 Å². The fourth-order valence-corrected chi connectivity index (χ4v) is 7.94. The molecule has 2 aliphatic heterocycles. The van der Waals surface area contributed by atoms with E-state index in [-0.39, 0.29) is 29.4 Å². The second kappa shape index (κ2) is 16.4. The fraction of sp³-hybridized carbons (Fsp3) is 0.463. The Labute approximate surface area is 305 Å². The Morgan fingerprint density at radius 3 is 2.38 bits per heavy atom. The molecule has 4 heterocycles. The number of imidazole rings is 1. The number of pyridine rings is 1. The third-order valence-corrected chi connectivity index (χ3v) is 10.5. The maximum atomic E-state index is 14.4. The van der Waals surface area contributed by atoms with Crippen LogP contribution in [0.15, 0.2) is 67.0 Å². The van der Waals surface area contributed by atoms with Crippen molar-refractivity contribution in [3.8, 4) is 22.8 Å². The average Bonchev–Trinajstić information content (AvgIpc) is 3.58. The van der Waals surface area contributed by atoms with Gasteiger partial charge in [-0.3, -0.25) is 9.59 Å². The summed E-state index contributed by atoms with van der Waals surface area (Å²) in [6.45, 7) is 8.70. The molecular weight excluding hydrogens is 657 g/mol. The van der Waals surface area contributed by atoms with E-state index >= 15 is 0 Å². The van der Waals surface area contributed by atoms with Gasteiger partial charge in [0.15, 0.2) is 0 Å². The van der Waals surface area contributed by atoms with E-state index in [2.05, 4.69) is 73.5 Å². The minimum atomic E-state index is -0.615. The van der Waals surface area contributed by atoms with Crippen molar-refractivity contribution in [3.63, 3.8) is 0 Å². The molecule has 274 valence electrons. The van der Waals surface area contributed by atoms with Gasteiger partial charge in [0, 0.05) is 56.4 Å². The van der Waals surface area contributed by atoms with Gasteiger partial charge in [0.2, 0.25) is 5.88 Å². The van der Waals surface area contributed by atoms with Crippen molar-refractivity contribution in [3.05, 3.63) is 95.5 Å². The number of hydrogen-bond donors (Lipinski definition) is 3. The molecule has 2 aromatic heterocycles. The van der Waals surface area contributed by atoms with Crippen molar-refractivity contribution in [1.82, 2.24) is 35.4 Å². The number of fused-ring (bicyclic) bond motifs is 1. The fourth-order valence-electron chi connectivity index (χ4n) is 7.94. The number of rotatable bonds is 11. The van der Waals surface area contributed by atoms with Crippen molar-refractivity contribution in [1.29, 1.82) is 0 Å². The third-order valence-electron chi connectivity index (χ3n) is 10.5. The molecule has 1 aliphatic carbocycles. The van der Waals surface area contributed by atoms with Gasteiger partial charge in [-0.15, -0.1) is 0 Å². The van der Waals surface area contributed by atoms with Crippen molar-refractivity contribution in [2.75, 3.05) is 19.6 Å². The number of piperazine rings is 1. The second-order valence-electron chi connectivity index (χ2n) is 14.9. The number of halogens is 1. The zero-order valence-corrected chi connectivity index (χ0v) is 30.2. The normalized spacial score (nSPS) is 22.0. The minimum absolute atomic E-state index is 0.00742. The van der Waals surface area contributed by atoms with Gasteiger partial charge < -0.3 is 30.2 Å². The average molecular weight is 708 g/mol. The van der Waals surface area contributed by atoms with E-state index in [1.54, 1.807) is 6.07 Å². The van der Waals surface area contributed by atoms with Crippen LogP contribution in [-0.4, -0.2) is 75.1 Å². The number of aryl methyl sites for hydroxylation is 3. The second-order valence-corrected chi connectivity index (χ2v) is 14.9. The molecule has 3 aliphatic rings. The summed E-state index contributed by atoms with van der Waals surface area (Å²) in [4.78, 5) is 37.6. The Morgan fingerprint density at radius 2 is 1.65 bits per heavy atom.